The lowest BCUT2D eigenvalue weighted by molar-refractivity contribution is 0.0948. The number of nitrogens with one attached hydrogen (secondary N) is 1. The van der Waals surface area contributed by atoms with E-state index < -0.39 is 0 Å². The standard InChI is InChI=1S/C11H19N3OS/c1-3-4-5-6-13-10(15)9-7-16-11(14-9)8(2)12/h7-8H,3-6,12H2,1-2H3,(H,13,15). The zero-order chi connectivity index (χ0) is 12.0. The van der Waals surface area contributed by atoms with Crippen LogP contribution >= 0.6 is 11.3 Å². The molecule has 0 aliphatic rings. The largest absolute Gasteiger partial charge is 0.351 e. The Morgan fingerprint density at radius 2 is 2.38 bits per heavy atom. The Balaban J connectivity index is 2.40. The van der Waals surface area contributed by atoms with E-state index in [1.54, 1.807) is 5.38 Å². The predicted octanol–water partition coefficient (Wildman–Crippen LogP) is 2.08. The highest BCUT2D eigenvalue weighted by atomic mass is 32.1. The summed E-state index contributed by atoms with van der Waals surface area (Å²) >= 11 is 1.43. The number of hydrogen-bond donors (Lipinski definition) is 2. The van der Waals surface area contributed by atoms with Crippen molar-refractivity contribution in [2.75, 3.05) is 6.54 Å². The molecule has 1 amide bonds. The summed E-state index contributed by atoms with van der Waals surface area (Å²) in [5.41, 5.74) is 6.16. The second-order valence-corrected chi connectivity index (χ2v) is 4.71. The van der Waals surface area contributed by atoms with Crippen molar-refractivity contribution in [3.63, 3.8) is 0 Å². The van der Waals surface area contributed by atoms with Crippen LogP contribution in [0.5, 0.6) is 0 Å². The van der Waals surface area contributed by atoms with Crippen molar-refractivity contribution in [2.45, 2.75) is 39.2 Å². The maximum absolute atomic E-state index is 11.6. The smallest absolute Gasteiger partial charge is 0.270 e. The molecule has 0 fully saturated rings. The molecule has 1 aromatic rings. The van der Waals surface area contributed by atoms with Crippen LogP contribution < -0.4 is 11.1 Å². The molecule has 0 saturated carbocycles. The van der Waals surface area contributed by atoms with Gasteiger partial charge in [-0.3, -0.25) is 4.79 Å². The highest BCUT2D eigenvalue weighted by Crippen LogP contribution is 2.15. The fourth-order valence-corrected chi connectivity index (χ4v) is 2.03. The Hall–Kier alpha value is -0.940. The summed E-state index contributed by atoms with van der Waals surface area (Å²) in [6.45, 7) is 4.72. The van der Waals surface area contributed by atoms with Crippen LogP contribution in [0.3, 0.4) is 0 Å². The van der Waals surface area contributed by atoms with Gasteiger partial charge < -0.3 is 11.1 Å². The number of nitrogens with two attached hydrogens (primary N) is 1. The van der Waals surface area contributed by atoms with Crippen LogP contribution in [0.2, 0.25) is 0 Å². The Morgan fingerprint density at radius 1 is 1.62 bits per heavy atom. The molecule has 0 aromatic carbocycles. The number of hydrogen-bond acceptors (Lipinski definition) is 4. The van der Waals surface area contributed by atoms with Crippen LogP contribution in [0.4, 0.5) is 0 Å². The van der Waals surface area contributed by atoms with Gasteiger partial charge >= 0.3 is 0 Å². The third kappa shape index (κ3) is 3.90. The predicted molar refractivity (Wildman–Crippen MR) is 66.6 cm³/mol. The minimum absolute atomic E-state index is 0.0979. The average molecular weight is 241 g/mol. The van der Waals surface area contributed by atoms with E-state index >= 15 is 0 Å². The van der Waals surface area contributed by atoms with E-state index in [1.807, 2.05) is 6.92 Å². The van der Waals surface area contributed by atoms with Crippen LogP contribution in [0, 0.1) is 0 Å². The average Bonchev–Trinajstić information content (AvgIpc) is 2.73. The van der Waals surface area contributed by atoms with Crippen molar-refractivity contribution < 1.29 is 4.79 Å². The van der Waals surface area contributed by atoms with Gasteiger partial charge in [-0.1, -0.05) is 19.8 Å². The molecule has 1 rings (SSSR count). The highest BCUT2D eigenvalue weighted by molar-refractivity contribution is 7.09. The van der Waals surface area contributed by atoms with Crippen LogP contribution in [-0.4, -0.2) is 17.4 Å². The van der Waals surface area contributed by atoms with Crippen molar-refractivity contribution in [3.05, 3.63) is 16.1 Å². The van der Waals surface area contributed by atoms with Gasteiger partial charge in [0.05, 0.1) is 6.04 Å². The van der Waals surface area contributed by atoms with E-state index in [1.165, 1.54) is 11.3 Å². The van der Waals surface area contributed by atoms with E-state index in [4.69, 9.17) is 5.73 Å². The third-order valence-corrected chi connectivity index (χ3v) is 3.26. The maximum atomic E-state index is 11.6. The van der Waals surface area contributed by atoms with Crippen molar-refractivity contribution in [2.24, 2.45) is 5.73 Å². The molecule has 0 saturated heterocycles. The first-order valence-corrected chi connectivity index (χ1v) is 6.52. The number of rotatable bonds is 6. The molecule has 1 atom stereocenters. The zero-order valence-electron chi connectivity index (χ0n) is 9.82. The summed E-state index contributed by atoms with van der Waals surface area (Å²) in [6.07, 6.45) is 3.32. The Morgan fingerprint density at radius 3 is 2.94 bits per heavy atom. The highest BCUT2D eigenvalue weighted by Gasteiger charge is 2.11. The summed E-state index contributed by atoms with van der Waals surface area (Å²) < 4.78 is 0. The Bertz CT molecular complexity index is 336. The van der Waals surface area contributed by atoms with Gasteiger partial charge in [0.1, 0.15) is 10.7 Å². The van der Waals surface area contributed by atoms with Gasteiger partial charge in [-0.2, -0.15) is 0 Å². The molecule has 90 valence electrons. The van der Waals surface area contributed by atoms with E-state index in [2.05, 4.69) is 17.2 Å². The van der Waals surface area contributed by atoms with Gasteiger partial charge in [0.25, 0.3) is 5.91 Å². The summed E-state index contributed by atoms with van der Waals surface area (Å²) in [5.74, 6) is -0.0979. The van der Waals surface area contributed by atoms with Crippen molar-refractivity contribution >= 4 is 17.2 Å². The number of carbonyl (C=O) groups excluding carboxylic acids is 1. The molecule has 0 radical (unpaired) electrons. The lowest BCUT2D eigenvalue weighted by atomic mass is 10.2. The minimum Gasteiger partial charge on any atom is -0.351 e. The zero-order valence-corrected chi connectivity index (χ0v) is 10.6. The SMILES string of the molecule is CCCCCNC(=O)c1csc(C(C)N)n1. The summed E-state index contributed by atoms with van der Waals surface area (Å²) in [7, 11) is 0. The maximum Gasteiger partial charge on any atom is 0.270 e. The lowest BCUT2D eigenvalue weighted by Crippen LogP contribution is -2.24. The molecular weight excluding hydrogens is 222 g/mol. The van der Waals surface area contributed by atoms with Gasteiger partial charge in [-0.15, -0.1) is 11.3 Å². The summed E-state index contributed by atoms with van der Waals surface area (Å²) in [4.78, 5) is 15.8. The van der Waals surface area contributed by atoms with Crippen molar-refractivity contribution in [3.8, 4) is 0 Å². The van der Waals surface area contributed by atoms with E-state index in [0.29, 0.717) is 5.69 Å². The van der Waals surface area contributed by atoms with Crippen molar-refractivity contribution in [1.29, 1.82) is 0 Å². The van der Waals surface area contributed by atoms with Crippen LogP contribution in [0.15, 0.2) is 5.38 Å². The van der Waals surface area contributed by atoms with E-state index in [0.717, 1.165) is 30.8 Å². The number of carbonyl (C=O) groups is 1. The molecule has 16 heavy (non-hydrogen) atoms. The second-order valence-electron chi connectivity index (χ2n) is 3.82. The first-order valence-electron chi connectivity index (χ1n) is 5.64. The first-order chi connectivity index (χ1) is 7.65. The number of aromatic nitrogens is 1. The van der Waals surface area contributed by atoms with Crippen LogP contribution in [-0.2, 0) is 0 Å². The van der Waals surface area contributed by atoms with Gasteiger partial charge in [-0.25, -0.2) is 4.98 Å². The molecule has 3 N–H and O–H groups in total. The van der Waals surface area contributed by atoms with E-state index in [9.17, 15) is 4.79 Å². The van der Waals surface area contributed by atoms with E-state index in [-0.39, 0.29) is 11.9 Å². The Kier molecular flexibility index (Phi) is 5.42. The van der Waals surface area contributed by atoms with Crippen LogP contribution in [0.25, 0.3) is 0 Å². The van der Waals surface area contributed by atoms with Gasteiger partial charge in [0.15, 0.2) is 0 Å². The molecule has 0 aliphatic carbocycles. The topological polar surface area (TPSA) is 68.0 Å². The number of thiazole rings is 1. The number of unbranched alkanes of at least 4 members (excludes halogenated alkanes) is 2. The molecule has 4 nitrogen and oxygen atoms in total. The number of nitrogens with zero attached hydrogens (tertiary/aromatic N) is 1. The van der Waals surface area contributed by atoms with Gasteiger partial charge in [0.2, 0.25) is 0 Å². The summed E-state index contributed by atoms with van der Waals surface area (Å²) in [5, 5.41) is 5.41. The second kappa shape index (κ2) is 6.60. The van der Waals surface area contributed by atoms with Gasteiger partial charge in [0, 0.05) is 11.9 Å². The number of amides is 1. The molecule has 0 spiro atoms. The van der Waals surface area contributed by atoms with Crippen molar-refractivity contribution in [1.82, 2.24) is 10.3 Å². The fourth-order valence-electron chi connectivity index (χ4n) is 1.27. The molecular formula is C11H19N3OS. The molecule has 5 heteroatoms. The molecule has 0 aliphatic heterocycles. The summed E-state index contributed by atoms with van der Waals surface area (Å²) in [6, 6.07) is -0.105. The normalized spacial score (nSPS) is 12.4. The lowest BCUT2D eigenvalue weighted by Gasteiger charge is -2.02. The third-order valence-electron chi connectivity index (χ3n) is 2.21. The van der Waals surface area contributed by atoms with Gasteiger partial charge in [-0.05, 0) is 13.3 Å². The molecule has 0 bridgehead atoms. The van der Waals surface area contributed by atoms with Crippen LogP contribution in [0.1, 0.15) is 54.6 Å². The first kappa shape index (κ1) is 13.1. The quantitative estimate of drug-likeness (QED) is 0.749. The molecule has 1 unspecified atom stereocenters. The molecule has 1 aromatic heterocycles. The minimum atomic E-state index is -0.105. The molecule has 1 heterocycles. The Labute approximate surface area is 100 Å². The monoisotopic (exact) mass is 241 g/mol. The fraction of sp³-hybridized carbons (Fsp3) is 0.636.